The van der Waals surface area contributed by atoms with E-state index < -0.39 is 6.04 Å². The molecule has 0 saturated carbocycles. The largest absolute Gasteiger partial charge is 0.354 e. The average molecular weight is 277 g/mol. The average Bonchev–Trinajstić information content (AvgIpc) is 3.04. The van der Waals surface area contributed by atoms with Gasteiger partial charge in [0.15, 0.2) is 0 Å². The number of nitrogens with zero attached hydrogens (tertiary/aromatic N) is 3. The van der Waals surface area contributed by atoms with E-state index >= 15 is 0 Å². The molecule has 0 spiro atoms. The summed E-state index contributed by atoms with van der Waals surface area (Å²) in [6.07, 6.45) is 5.06. The monoisotopic (exact) mass is 277 g/mol. The highest BCUT2D eigenvalue weighted by atomic mass is 16.2. The Kier molecular flexibility index (Phi) is 3.21. The Balaban J connectivity index is 1.78. The summed E-state index contributed by atoms with van der Waals surface area (Å²) < 4.78 is 1.63. The van der Waals surface area contributed by atoms with E-state index in [9.17, 15) is 9.59 Å². The van der Waals surface area contributed by atoms with Crippen LogP contribution in [-0.4, -0.2) is 45.6 Å². The van der Waals surface area contributed by atoms with Gasteiger partial charge >= 0.3 is 0 Å². The summed E-state index contributed by atoms with van der Waals surface area (Å²) in [5.74, 6) is -0.138. The fraction of sp³-hybridized carbons (Fsp3) is 0.615. The molecule has 3 N–H and O–H groups in total. The van der Waals surface area contributed by atoms with Crippen LogP contribution in [0.15, 0.2) is 12.4 Å². The summed E-state index contributed by atoms with van der Waals surface area (Å²) in [7, 11) is 1.79. The van der Waals surface area contributed by atoms with Crippen molar-refractivity contribution in [2.75, 3.05) is 13.1 Å². The fourth-order valence-corrected chi connectivity index (χ4v) is 3.15. The lowest BCUT2D eigenvalue weighted by atomic mass is 9.90. The minimum atomic E-state index is -0.710. The van der Waals surface area contributed by atoms with Crippen molar-refractivity contribution in [3.63, 3.8) is 0 Å². The van der Waals surface area contributed by atoms with Gasteiger partial charge in [0.25, 0.3) is 0 Å². The summed E-state index contributed by atoms with van der Waals surface area (Å²) in [5.41, 5.74) is 6.76. The van der Waals surface area contributed by atoms with Gasteiger partial charge in [-0.05, 0) is 12.8 Å². The number of likely N-dealkylation sites (tertiary alicyclic amines) is 1. The smallest absolute Gasteiger partial charge is 0.244 e. The molecule has 7 nitrogen and oxygen atoms in total. The van der Waals surface area contributed by atoms with Gasteiger partial charge in [0, 0.05) is 31.9 Å². The van der Waals surface area contributed by atoms with E-state index in [4.69, 9.17) is 5.73 Å². The SMILES string of the molecule is Cn1cc(C(N)C(=O)N2CCCC3C(=O)NCC32)cn1. The van der Waals surface area contributed by atoms with Crippen molar-refractivity contribution in [3.05, 3.63) is 18.0 Å². The Bertz CT molecular complexity index is 541. The number of carbonyl (C=O) groups excluding carboxylic acids is 2. The number of amides is 2. The maximum Gasteiger partial charge on any atom is 0.244 e. The van der Waals surface area contributed by atoms with Crippen LogP contribution in [0.5, 0.6) is 0 Å². The second kappa shape index (κ2) is 4.90. The molecule has 2 amide bonds. The van der Waals surface area contributed by atoms with Crippen LogP contribution in [0.2, 0.25) is 0 Å². The maximum atomic E-state index is 12.6. The van der Waals surface area contributed by atoms with E-state index in [2.05, 4.69) is 10.4 Å². The summed E-state index contributed by atoms with van der Waals surface area (Å²) in [6, 6.07) is -0.760. The molecule has 3 atom stereocenters. The van der Waals surface area contributed by atoms with Crippen molar-refractivity contribution in [1.29, 1.82) is 0 Å². The fourth-order valence-electron chi connectivity index (χ4n) is 3.15. The topological polar surface area (TPSA) is 93.2 Å². The lowest BCUT2D eigenvalue weighted by molar-refractivity contribution is -0.138. The molecule has 3 unspecified atom stereocenters. The standard InChI is InChI=1S/C13H19N5O2/c1-17-7-8(5-16-17)11(14)13(20)18-4-2-3-9-10(18)6-15-12(9)19/h5,7,9-11H,2-4,6,14H2,1H3,(H,15,19). The maximum absolute atomic E-state index is 12.6. The molecule has 0 radical (unpaired) electrons. The molecule has 3 heterocycles. The number of carbonyl (C=O) groups is 2. The first-order chi connectivity index (χ1) is 9.58. The summed E-state index contributed by atoms with van der Waals surface area (Å²) in [6.45, 7) is 1.21. The van der Waals surface area contributed by atoms with Crippen molar-refractivity contribution in [2.45, 2.75) is 24.9 Å². The highest BCUT2D eigenvalue weighted by Gasteiger charge is 2.43. The van der Waals surface area contributed by atoms with Crippen molar-refractivity contribution >= 4 is 11.8 Å². The highest BCUT2D eigenvalue weighted by molar-refractivity contribution is 5.87. The number of piperidine rings is 1. The van der Waals surface area contributed by atoms with Gasteiger partial charge in [-0.2, -0.15) is 5.10 Å². The van der Waals surface area contributed by atoms with Gasteiger partial charge in [-0.1, -0.05) is 0 Å². The number of rotatable bonds is 2. The van der Waals surface area contributed by atoms with Crippen LogP contribution in [0.25, 0.3) is 0 Å². The Morgan fingerprint density at radius 2 is 2.40 bits per heavy atom. The van der Waals surface area contributed by atoms with Gasteiger partial charge < -0.3 is 16.0 Å². The third kappa shape index (κ3) is 2.07. The Labute approximate surface area is 117 Å². The predicted molar refractivity (Wildman–Crippen MR) is 71.4 cm³/mol. The Morgan fingerprint density at radius 1 is 1.60 bits per heavy atom. The minimum Gasteiger partial charge on any atom is -0.354 e. The van der Waals surface area contributed by atoms with E-state index in [1.807, 2.05) is 0 Å². The molecular weight excluding hydrogens is 258 g/mol. The minimum absolute atomic E-state index is 0.0496. The van der Waals surface area contributed by atoms with Crippen LogP contribution in [0.3, 0.4) is 0 Å². The number of hydrogen-bond acceptors (Lipinski definition) is 4. The van der Waals surface area contributed by atoms with Crippen LogP contribution in [0.4, 0.5) is 0 Å². The lowest BCUT2D eigenvalue weighted by Gasteiger charge is -2.37. The number of hydrogen-bond donors (Lipinski definition) is 2. The van der Waals surface area contributed by atoms with Crippen molar-refractivity contribution in [3.8, 4) is 0 Å². The van der Waals surface area contributed by atoms with Crippen LogP contribution >= 0.6 is 0 Å². The second-order valence-electron chi connectivity index (χ2n) is 5.52. The molecule has 1 aromatic heterocycles. The summed E-state index contributed by atoms with van der Waals surface area (Å²) >= 11 is 0. The molecule has 2 aliphatic rings. The Hall–Kier alpha value is -1.89. The third-order valence-electron chi connectivity index (χ3n) is 4.23. The van der Waals surface area contributed by atoms with Gasteiger partial charge in [-0.15, -0.1) is 0 Å². The second-order valence-corrected chi connectivity index (χ2v) is 5.52. The molecule has 7 heteroatoms. The first kappa shape index (κ1) is 13.1. The lowest BCUT2D eigenvalue weighted by Crippen LogP contribution is -2.51. The van der Waals surface area contributed by atoms with E-state index in [1.54, 1.807) is 29.0 Å². The first-order valence-electron chi connectivity index (χ1n) is 6.90. The first-order valence-corrected chi connectivity index (χ1v) is 6.90. The van der Waals surface area contributed by atoms with E-state index in [-0.39, 0.29) is 23.8 Å². The number of aryl methyl sites for hydroxylation is 1. The van der Waals surface area contributed by atoms with E-state index in [1.165, 1.54) is 0 Å². The van der Waals surface area contributed by atoms with Crippen LogP contribution < -0.4 is 11.1 Å². The van der Waals surface area contributed by atoms with E-state index in [0.717, 1.165) is 12.8 Å². The van der Waals surface area contributed by atoms with Gasteiger partial charge in [0.2, 0.25) is 11.8 Å². The van der Waals surface area contributed by atoms with Crippen molar-refractivity contribution in [2.24, 2.45) is 18.7 Å². The third-order valence-corrected chi connectivity index (χ3v) is 4.23. The molecular formula is C13H19N5O2. The summed E-state index contributed by atoms with van der Waals surface area (Å²) in [4.78, 5) is 26.1. The van der Waals surface area contributed by atoms with E-state index in [0.29, 0.717) is 18.7 Å². The molecule has 0 aromatic carbocycles. The highest BCUT2D eigenvalue weighted by Crippen LogP contribution is 2.29. The zero-order valence-electron chi connectivity index (χ0n) is 11.5. The van der Waals surface area contributed by atoms with Gasteiger partial charge in [0.1, 0.15) is 6.04 Å². The Morgan fingerprint density at radius 3 is 3.10 bits per heavy atom. The van der Waals surface area contributed by atoms with Crippen LogP contribution in [0, 0.1) is 5.92 Å². The molecule has 1 aromatic rings. The molecule has 108 valence electrons. The number of aromatic nitrogens is 2. The number of nitrogens with two attached hydrogens (primary N) is 1. The molecule has 2 saturated heterocycles. The molecule has 20 heavy (non-hydrogen) atoms. The molecule has 2 fully saturated rings. The molecule has 2 aliphatic heterocycles. The number of fused-ring (bicyclic) bond motifs is 1. The zero-order chi connectivity index (χ0) is 14.3. The summed E-state index contributed by atoms with van der Waals surface area (Å²) in [5, 5.41) is 6.88. The molecule has 0 aliphatic carbocycles. The molecule has 0 bridgehead atoms. The molecule has 3 rings (SSSR count). The van der Waals surface area contributed by atoms with Crippen LogP contribution in [0.1, 0.15) is 24.4 Å². The van der Waals surface area contributed by atoms with Gasteiger partial charge in [-0.3, -0.25) is 14.3 Å². The van der Waals surface area contributed by atoms with Gasteiger partial charge in [0.05, 0.1) is 18.2 Å². The predicted octanol–water partition coefficient (Wildman–Crippen LogP) is -0.843. The normalized spacial score (nSPS) is 27.1. The van der Waals surface area contributed by atoms with Crippen molar-refractivity contribution < 1.29 is 9.59 Å². The number of nitrogens with one attached hydrogen (secondary N) is 1. The van der Waals surface area contributed by atoms with Gasteiger partial charge in [-0.25, -0.2) is 0 Å². The quantitative estimate of drug-likeness (QED) is 0.737. The van der Waals surface area contributed by atoms with Crippen LogP contribution in [-0.2, 0) is 16.6 Å². The zero-order valence-corrected chi connectivity index (χ0v) is 11.5. The van der Waals surface area contributed by atoms with Crippen molar-refractivity contribution in [1.82, 2.24) is 20.0 Å².